The zero-order chi connectivity index (χ0) is 13.8. The van der Waals surface area contributed by atoms with Crippen molar-refractivity contribution >= 4 is 34.7 Å². The first kappa shape index (κ1) is 13.6. The standard InChI is InChI=1S/C11H10Cl2N4O2/c1-18-8-4-3-7(10(16-8)19-2)15-9-6(12)5-14-11(13)17-9/h3-5H,1-2H3,(H,14,15,17). The van der Waals surface area contributed by atoms with E-state index in [1.165, 1.54) is 20.4 Å². The van der Waals surface area contributed by atoms with Gasteiger partial charge in [-0.05, 0) is 17.7 Å². The van der Waals surface area contributed by atoms with Crippen LogP contribution in [-0.2, 0) is 0 Å². The van der Waals surface area contributed by atoms with Gasteiger partial charge in [-0.1, -0.05) is 11.6 Å². The van der Waals surface area contributed by atoms with Crippen LogP contribution in [0.3, 0.4) is 0 Å². The number of hydrogen-bond donors (Lipinski definition) is 1. The fourth-order valence-electron chi connectivity index (χ4n) is 1.35. The molecule has 0 radical (unpaired) electrons. The van der Waals surface area contributed by atoms with Gasteiger partial charge in [-0.25, -0.2) is 4.98 Å². The van der Waals surface area contributed by atoms with Gasteiger partial charge in [-0.3, -0.25) is 0 Å². The van der Waals surface area contributed by atoms with Crippen LogP contribution < -0.4 is 14.8 Å². The van der Waals surface area contributed by atoms with Crippen LogP contribution in [0.1, 0.15) is 0 Å². The molecule has 0 atom stereocenters. The number of hydrogen-bond acceptors (Lipinski definition) is 6. The van der Waals surface area contributed by atoms with Crippen LogP contribution in [0.15, 0.2) is 18.3 Å². The molecule has 0 aliphatic heterocycles. The molecule has 19 heavy (non-hydrogen) atoms. The summed E-state index contributed by atoms with van der Waals surface area (Å²) in [6, 6.07) is 3.42. The van der Waals surface area contributed by atoms with Crippen LogP contribution in [0.5, 0.6) is 11.8 Å². The molecule has 1 N–H and O–H groups in total. The molecule has 0 saturated heterocycles. The molecule has 0 aliphatic carbocycles. The van der Waals surface area contributed by atoms with Crippen molar-refractivity contribution in [3.8, 4) is 11.8 Å². The Hall–Kier alpha value is -1.79. The molecule has 0 bridgehead atoms. The highest BCUT2D eigenvalue weighted by Gasteiger charge is 2.10. The Morgan fingerprint density at radius 3 is 2.58 bits per heavy atom. The SMILES string of the molecule is COc1ccc(Nc2nc(Cl)ncc2Cl)c(OC)n1. The molecule has 0 unspecified atom stereocenters. The number of anilines is 2. The Morgan fingerprint density at radius 2 is 1.89 bits per heavy atom. The molecule has 0 saturated carbocycles. The van der Waals surface area contributed by atoms with Gasteiger partial charge in [0.25, 0.3) is 0 Å². The second kappa shape index (κ2) is 5.90. The van der Waals surface area contributed by atoms with Crippen molar-refractivity contribution in [1.82, 2.24) is 15.0 Å². The van der Waals surface area contributed by atoms with E-state index in [4.69, 9.17) is 32.7 Å². The molecule has 2 rings (SSSR count). The van der Waals surface area contributed by atoms with Crippen molar-refractivity contribution in [3.05, 3.63) is 28.6 Å². The molecule has 8 heteroatoms. The average molecular weight is 301 g/mol. The van der Waals surface area contributed by atoms with Gasteiger partial charge in [-0.2, -0.15) is 9.97 Å². The number of nitrogens with one attached hydrogen (secondary N) is 1. The lowest BCUT2D eigenvalue weighted by Gasteiger charge is -2.11. The minimum Gasteiger partial charge on any atom is -0.481 e. The van der Waals surface area contributed by atoms with Crippen LogP contribution in [0.4, 0.5) is 11.5 Å². The Morgan fingerprint density at radius 1 is 1.11 bits per heavy atom. The van der Waals surface area contributed by atoms with Crippen LogP contribution in [0.2, 0.25) is 10.3 Å². The van der Waals surface area contributed by atoms with Gasteiger partial charge in [-0.15, -0.1) is 0 Å². The number of pyridine rings is 1. The van der Waals surface area contributed by atoms with Gasteiger partial charge < -0.3 is 14.8 Å². The number of rotatable bonds is 4. The summed E-state index contributed by atoms with van der Waals surface area (Å²) < 4.78 is 10.2. The Labute approximate surface area is 119 Å². The summed E-state index contributed by atoms with van der Waals surface area (Å²) in [5, 5.41) is 3.40. The molecular weight excluding hydrogens is 291 g/mol. The lowest BCUT2D eigenvalue weighted by atomic mass is 10.4. The van der Waals surface area contributed by atoms with Crippen molar-refractivity contribution in [1.29, 1.82) is 0 Å². The quantitative estimate of drug-likeness (QED) is 0.876. The van der Waals surface area contributed by atoms with E-state index in [2.05, 4.69) is 20.3 Å². The minimum atomic E-state index is 0.0901. The topological polar surface area (TPSA) is 69.2 Å². The highest BCUT2D eigenvalue weighted by molar-refractivity contribution is 6.33. The third kappa shape index (κ3) is 3.15. The van der Waals surface area contributed by atoms with Crippen molar-refractivity contribution in [2.75, 3.05) is 19.5 Å². The van der Waals surface area contributed by atoms with E-state index in [9.17, 15) is 0 Å². The number of methoxy groups -OCH3 is 2. The fraction of sp³-hybridized carbons (Fsp3) is 0.182. The number of nitrogens with zero attached hydrogens (tertiary/aromatic N) is 3. The van der Waals surface area contributed by atoms with Gasteiger partial charge in [0.2, 0.25) is 17.0 Å². The zero-order valence-corrected chi connectivity index (χ0v) is 11.7. The van der Waals surface area contributed by atoms with Crippen molar-refractivity contribution in [2.45, 2.75) is 0 Å². The van der Waals surface area contributed by atoms with Crippen molar-refractivity contribution in [3.63, 3.8) is 0 Å². The van der Waals surface area contributed by atoms with Gasteiger partial charge in [0.1, 0.15) is 10.7 Å². The normalized spacial score (nSPS) is 10.1. The van der Waals surface area contributed by atoms with E-state index in [1.54, 1.807) is 12.1 Å². The summed E-state index contributed by atoms with van der Waals surface area (Å²) in [7, 11) is 3.03. The first-order valence-corrected chi connectivity index (χ1v) is 5.93. The smallest absolute Gasteiger partial charge is 0.240 e. The first-order chi connectivity index (χ1) is 9.13. The Balaban J connectivity index is 2.35. The molecule has 2 aromatic heterocycles. The summed E-state index contributed by atoms with van der Waals surface area (Å²) in [6.07, 6.45) is 1.41. The Bertz CT molecular complexity index is 595. The third-order valence-corrected chi connectivity index (χ3v) is 2.66. The van der Waals surface area contributed by atoms with E-state index < -0.39 is 0 Å². The highest BCUT2D eigenvalue weighted by Crippen LogP contribution is 2.30. The summed E-state index contributed by atoms with van der Waals surface area (Å²) in [4.78, 5) is 11.9. The summed E-state index contributed by atoms with van der Waals surface area (Å²) in [6.45, 7) is 0. The number of aromatic nitrogens is 3. The van der Waals surface area contributed by atoms with Gasteiger partial charge in [0.05, 0.1) is 20.4 Å². The van der Waals surface area contributed by atoms with Crippen LogP contribution >= 0.6 is 23.2 Å². The molecule has 0 spiro atoms. The second-order valence-corrected chi connectivity index (χ2v) is 4.12. The maximum atomic E-state index is 5.97. The average Bonchev–Trinajstić information content (AvgIpc) is 2.43. The first-order valence-electron chi connectivity index (χ1n) is 5.18. The highest BCUT2D eigenvalue weighted by atomic mass is 35.5. The van der Waals surface area contributed by atoms with Crippen LogP contribution in [0, 0.1) is 0 Å². The monoisotopic (exact) mass is 300 g/mol. The van der Waals surface area contributed by atoms with E-state index in [-0.39, 0.29) is 5.28 Å². The Kier molecular flexibility index (Phi) is 4.24. The molecule has 0 amide bonds. The molecule has 0 fully saturated rings. The van der Waals surface area contributed by atoms with Gasteiger partial charge in [0, 0.05) is 6.07 Å². The molecule has 100 valence electrons. The molecule has 6 nitrogen and oxygen atoms in total. The lowest BCUT2D eigenvalue weighted by molar-refractivity contribution is 0.366. The van der Waals surface area contributed by atoms with E-state index >= 15 is 0 Å². The maximum absolute atomic E-state index is 5.97. The molecule has 2 heterocycles. The maximum Gasteiger partial charge on any atom is 0.240 e. The molecule has 0 aromatic carbocycles. The predicted octanol–water partition coefficient (Wildman–Crippen LogP) is 2.94. The minimum absolute atomic E-state index is 0.0901. The zero-order valence-electron chi connectivity index (χ0n) is 10.1. The van der Waals surface area contributed by atoms with E-state index in [0.29, 0.717) is 28.3 Å². The molecular formula is C11H10Cl2N4O2. The van der Waals surface area contributed by atoms with Crippen LogP contribution in [-0.4, -0.2) is 29.2 Å². The predicted molar refractivity (Wildman–Crippen MR) is 72.7 cm³/mol. The summed E-state index contributed by atoms with van der Waals surface area (Å²) in [5.74, 6) is 1.16. The largest absolute Gasteiger partial charge is 0.481 e. The second-order valence-electron chi connectivity index (χ2n) is 3.37. The van der Waals surface area contributed by atoms with Crippen LogP contribution in [0.25, 0.3) is 0 Å². The van der Waals surface area contributed by atoms with E-state index in [0.717, 1.165) is 0 Å². The van der Waals surface area contributed by atoms with E-state index in [1.807, 2.05) is 0 Å². The number of halogens is 2. The fourth-order valence-corrected chi connectivity index (χ4v) is 1.62. The summed E-state index contributed by atoms with van der Waals surface area (Å²) in [5.41, 5.74) is 0.583. The third-order valence-electron chi connectivity index (χ3n) is 2.20. The molecule has 2 aromatic rings. The lowest BCUT2D eigenvalue weighted by Crippen LogP contribution is -2.01. The van der Waals surface area contributed by atoms with Crippen molar-refractivity contribution < 1.29 is 9.47 Å². The van der Waals surface area contributed by atoms with Gasteiger partial charge >= 0.3 is 0 Å². The van der Waals surface area contributed by atoms with Crippen molar-refractivity contribution in [2.24, 2.45) is 0 Å². The summed E-state index contributed by atoms with van der Waals surface area (Å²) >= 11 is 11.7. The number of ether oxygens (including phenoxy) is 2. The molecule has 0 aliphatic rings. The van der Waals surface area contributed by atoms with Gasteiger partial charge in [0.15, 0.2) is 5.82 Å².